The first-order chi connectivity index (χ1) is 34.4. The van der Waals surface area contributed by atoms with Gasteiger partial charge in [-0.25, -0.2) is 0 Å². The lowest BCUT2D eigenvalue weighted by molar-refractivity contribution is -0.870. The Hall–Kier alpha value is -3.07. The third-order valence-corrected chi connectivity index (χ3v) is 13.0. The van der Waals surface area contributed by atoms with Gasteiger partial charge in [0.05, 0.1) is 33.8 Å². The Morgan fingerprint density at radius 2 is 0.958 bits per heavy atom. The zero-order chi connectivity index (χ0) is 52.2. The molecule has 0 saturated carbocycles. The molecule has 0 bridgehead atoms. The second-order valence-electron chi connectivity index (χ2n) is 20.1. The molecule has 0 radical (unpaired) electrons. The highest BCUT2D eigenvalue weighted by Gasteiger charge is 2.27. The maximum Gasteiger partial charge on any atom is 0.306 e. The molecule has 0 aromatic rings. The zero-order valence-electron chi connectivity index (χ0n) is 46.4. The topological polar surface area (TPSA) is 114 Å². The summed E-state index contributed by atoms with van der Waals surface area (Å²) in [4.78, 5) is 39.8. The molecule has 0 rings (SSSR count). The third kappa shape index (κ3) is 51.6. The minimum Gasteiger partial charge on any atom is -0.756 e. The highest BCUT2D eigenvalue weighted by molar-refractivity contribution is 7.45. The van der Waals surface area contributed by atoms with Gasteiger partial charge in [0.1, 0.15) is 19.3 Å². The number of hydrogen-bond acceptors (Lipinski definition) is 7. The molecule has 0 heterocycles. The minimum atomic E-state index is -4.71. The van der Waals surface area contributed by atoms with Crippen molar-refractivity contribution in [1.82, 2.24) is 5.32 Å². The highest BCUT2D eigenvalue weighted by Crippen LogP contribution is 2.38. The fourth-order valence-corrected chi connectivity index (χ4v) is 8.34. The van der Waals surface area contributed by atoms with Gasteiger partial charge in [-0.15, -0.1) is 0 Å². The number of rotatable bonds is 50. The molecule has 0 aliphatic heterocycles. The van der Waals surface area contributed by atoms with Crippen LogP contribution in [0, 0.1) is 0 Å². The zero-order valence-corrected chi connectivity index (χ0v) is 47.3. The number of hydrogen-bond donors (Lipinski definition) is 1. The van der Waals surface area contributed by atoms with Crippen LogP contribution in [0.5, 0.6) is 0 Å². The predicted molar refractivity (Wildman–Crippen MR) is 302 cm³/mol. The Balaban J connectivity index is 5.40. The van der Waals surface area contributed by atoms with Crippen molar-refractivity contribution in [2.75, 3.05) is 40.9 Å². The lowest BCUT2D eigenvalue weighted by Gasteiger charge is -2.30. The number of nitrogens with one attached hydrogen (secondary N) is 1. The van der Waals surface area contributed by atoms with E-state index in [1.54, 1.807) is 0 Å². The Labute approximate surface area is 437 Å². The van der Waals surface area contributed by atoms with Gasteiger partial charge in [-0.05, 0) is 96.0 Å². The number of ether oxygens (including phenoxy) is 1. The highest BCUT2D eigenvalue weighted by atomic mass is 31.2. The lowest BCUT2D eigenvalue weighted by atomic mass is 10.1. The first-order valence-electron chi connectivity index (χ1n) is 28.6. The molecule has 408 valence electrons. The summed E-state index contributed by atoms with van der Waals surface area (Å²) in [5.74, 6) is -0.599. The monoisotopic (exact) mass is 1010 g/mol. The average molecular weight is 1010 g/mol. The van der Waals surface area contributed by atoms with E-state index in [4.69, 9.17) is 13.8 Å². The van der Waals surface area contributed by atoms with Crippen LogP contribution in [0.4, 0.5) is 0 Å². The number of phosphoric acid groups is 1. The summed E-state index contributed by atoms with van der Waals surface area (Å²) in [7, 11) is 1.14. The van der Waals surface area contributed by atoms with Gasteiger partial charge >= 0.3 is 5.97 Å². The summed E-state index contributed by atoms with van der Waals surface area (Å²) in [5, 5.41) is 3.00. The molecule has 0 fully saturated rings. The second-order valence-corrected chi connectivity index (χ2v) is 21.5. The predicted octanol–water partition coefficient (Wildman–Crippen LogP) is 16.6. The number of amides is 1. The first kappa shape index (κ1) is 67.9. The molecule has 9 nitrogen and oxygen atoms in total. The van der Waals surface area contributed by atoms with Crippen LogP contribution in [-0.2, 0) is 27.9 Å². The summed E-state index contributed by atoms with van der Waals surface area (Å²) in [6.45, 7) is 6.62. The smallest absolute Gasteiger partial charge is 0.306 e. The fraction of sp³-hybridized carbons (Fsp3) is 0.705. The molecule has 0 aliphatic carbocycles. The van der Waals surface area contributed by atoms with E-state index in [0.717, 1.165) is 96.3 Å². The summed E-state index contributed by atoms with van der Waals surface area (Å²) in [6.07, 6.45) is 66.6. The number of phosphoric ester groups is 1. The summed E-state index contributed by atoms with van der Waals surface area (Å²) in [6, 6.07) is -0.912. The van der Waals surface area contributed by atoms with Crippen molar-refractivity contribution >= 4 is 19.7 Å². The number of carbonyl (C=O) groups is 2. The number of likely N-dealkylation sites (N-methyl/N-ethyl adjacent to an activating group) is 1. The summed E-state index contributed by atoms with van der Waals surface area (Å²) in [5.41, 5.74) is 0. The van der Waals surface area contributed by atoms with Crippen molar-refractivity contribution in [3.8, 4) is 0 Å². The van der Waals surface area contributed by atoms with Crippen molar-refractivity contribution in [3.63, 3.8) is 0 Å². The SMILES string of the molecule is CC/C=C/C=C/C=C/CCCCCCCCCC(=O)NC(COP(=O)([O-])OCC[N+](C)(C)C)C(/C=C/CCCCCCCCCCC)OC(=O)CCCCC/C=C\C/C=C\C/C=C\C/C=C\CCCCC. The standard InChI is InChI=1S/C61H107N2O7P/c1-7-10-13-16-19-22-25-27-29-30-31-32-34-36-39-42-45-48-51-54-61(65)70-59(52-49-46-43-40-37-24-21-18-15-12-9-3)58(57-69-71(66,67)68-56-55-63(4,5)6)62-60(64)53-50-47-44-41-38-35-33-28-26-23-20-17-14-11-8-2/h11,14,17,19-20,22-23,26-27,29,31-32,36,39,49,52,58-59H,7-10,12-13,15-16,18,21,24-25,28,30,33-35,37-38,40-48,50-51,53-57H2,1-6H3,(H-,62,64,66,67)/b14-11+,20-17+,22-19-,26-23+,29-27-,32-31-,39-36-,52-49+. The number of esters is 1. The van der Waals surface area contributed by atoms with Crippen LogP contribution < -0.4 is 10.2 Å². The van der Waals surface area contributed by atoms with Crippen LogP contribution in [-0.4, -0.2) is 69.4 Å². The van der Waals surface area contributed by atoms with E-state index in [1.807, 2.05) is 33.3 Å². The van der Waals surface area contributed by atoms with Crippen LogP contribution in [0.2, 0.25) is 0 Å². The molecule has 0 saturated heterocycles. The van der Waals surface area contributed by atoms with Gasteiger partial charge < -0.3 is 28.5 Å². The van der Waals surface area contributed by atoms with Gasteiger partial charge in [0.2, 0.25) is 5.91 Å². The second kappa shape index (κ2) is 50.5. The van der Waals surface area contributed by atoms with E-state index in [-0.39, 0.29) is 24.9 Å². The van der Waals surface area contributed by atoms with Crippen LogP contribution in [0.1, 0.15) is 226 Å². The molecule has 3 unspecified atom stereocenters. The molecule has 3 atom stereocenters. The lowest BCUT2D eigenvalue weighted by Crippen LogP contribution is -2.47. The van der Waals surface area contributed by atoms with Crippen LogP contribution in [0.3, 0.4) is 0 Å². The summed E-state index contributed by atoms with van der Waals surface area (Å²) >= 11 is 0. The maximum absolute atomic E-state index is 13.5. The number of nitrogens with zero attached hydrogens (tertiary/aromatic N) is 1. The van der Waals surface area contributed by atoms with Crippen molar-refractivity contribution in [3.05, 3.63) is 97.2 Å². The van der Waals surface area contributed by atoms with E-state index < -0.39 is 26.6 Å². The molecule has 1 N–H and O–H groups in total. The van der Waals surface area contributed by atoms with Crippen molar-refractivity contribution in [2.45, 2.75) is 238 Å². The largest absolute Gasteiger partial charge is 0.756 e. The molecule has 0 aromatic carbocycles. The Kier molecular flexibility index (Phi) is 48.3. The molecular formula is C61H107N2O7P. The van der Waals surface area contributed by atoms with E-state index >= 15 is 0 Å². The van der Waals surface area contributed by atoms with Gasteiger partial charge in [0.25, 0.3) is 7.82 Å². The quantitative estimate of drug-likeness (QED) is 0.0161. The van der Waals surface area contributed by atoms with Crippen LogP contribution >= 0.6 is 7.82 Å². The molecule has 71 heavy (non-hydrogen) atoms. The molecule has 0 aromatic heterocycles. The maximum atomic E-state index is 13.5. The van der Waals surface area contributed by atoms with E-state index in [2.05, 4.69) is 111 Å². The van der Waals surface area contributed by atoms with Crippen LogP contribution in [0.15, 0.2) is 97.2 Å². The van der Waals surface area contributed by atoms with E-state index in [1.165, 1.54) is 89.9 Å². The first-order valence-corrected chi connectivity index (χ1v) is 30.0. The summed E-state index contributed by atoms with van der Waals surface area (Å²) < 4.78 is 30.2. The van der Waals surface area contributed by atoms with Gasteiger partial charge in [-0.1, -0.05) is 215 Å². The molecule has 0 spiro atoms. The van der Waals surface area contributed by atoms with Gasteiger partial charge in [-0.3, -0.25) is 14.2 Å². The van der Waals surface area contributed by atoms with Gasteiger partial charge in [-0.2, -0.15) is 0 Å². The van der Waals surface area contributed by atoms with Crippen molar-refractivity contribution in [1.29, 1.82) is 0 Å². The Bertz CT molecular complexity index is 1540. The number of carbonyl (C=O) groups excluding carboxylic acids is 2. The Morgan fingerprint density at radius 3 is 1.51 bits per heavy atom. The minimum absolute atomic E-state index is 0.0351. The van der Waals surface area contributed by atoms with Crippen molar-refractivity contribution < 1.29 is 37.3 Å². The number of quaternary nitrogens is 1. The van der Waals surface area contributed by atoms with Crippen molar-refractivity contribution in [2.24, 2.45) is 0 Å². The normalized spacial score (nSPS) is 14.5. The van der Waals surface area contributed by atoms with E-state index in [9.17, 15) is 19.0 Å². The van der Waals surface area contributed by atoms with Crippen LogP contribution in [0.25, 0.3) is 0 Å². The molecule has 10 heteroatoms. The third-order valence-electron chi connectivity index (χ3n) is 12.1. The molecule has 1 amide bonds. The van der Waals surface area contributed by atoms with E-state index in [0.29, 0.717) is 23.9 Å². The average Bonchev–Trinajstić information content (AvgIpc) is 3.33. The molecular weight excluding hydrogens is 904 g/mol. The van der Waals surface area contributed by atoms with Gasteiger partial charge in [0.15, 0.2) is 0 Å². The Morgan fingerprint density at radius 1 is 0.521 bits per heavy atom. The fourth-order valence-electron chi connectivity index (χ4n) is 7.62. The number of allylic oxidation sites excluding steroid dienone is 15. The number of unbranched alkanes of at least 4 members (excludes halogenated alkanes) is 22. The molecule has 0 aliphatic rings. The van der Waals surface area contributed by atoms with Gasteiger partial charge in [0, 0.05) is 12.8 Å².